The zero-order chi connectivity index (χ0) is 14.6. The molecule has 0 radical (unpaired) electrons. The molecule has 19 heavy (non-hydrogen) atoms. The van der Waals surface area contributed by atoms with Crippen LogP contribution in [0.5, 0.6) is 5.75 Å². The van der Waals surface area contributed by atoms with E-state index >= 15 is 0 Å². The molecule has 0 bridgehead atoms. The van der Waals surface area contributed by atoms with Gasteiger partial charge in [-0.25, -0.2) is 0 Å². The van der Waals surface area contributed by atoms with Crippen LogP contribution in [0.1, 0.15) is 31.7 Å². The van der Waals surface area contributed by atoms with Crippen molar-refractivity contribution < 1.29 is 19.6 Å². The van der Waals surface area contributed by atoms with Gasteiger partial charge in [-0.05, 0) is 24.5 Å². The quantitative estimate of drug-likeness (QED) is 0.632. The summed E-state index contributed by atoms with van der Waals surface area (Å²) in [6.07, 6.45) is 0.350. The van der Waals surface area contributed by atoms with Gasteiger partial charge in [-0.2, -0.15) is 0 Å². The Bertz CT molecular complexity index is 484. The number of nitrogens with zero attached hydrogens (tertiary/aromatic N) is 1. The van der Waals surface area contributed by atoms with Crippen LogP contribution in [-0.4, -0.2) is 23.1 Å². The summed E-state index contributed by atoms with van der Waals surface area (Å²) in [4.78, 5) is 21.8. The maximum absolute atomic E-state index is 11.3. The van der Waals surface area contributed by atoms with E-state index in [2.05, 4.69) is 0 Å². The van der Waals surface area contributed by atoms with Crippen molar-refractivity contribution in [1.29, 1.82) is 0 Å². The Morgan fingerprint density at radius 3 is 2.53 bits per heavy atom. The van der Waals surface area contributed by atoms with Crippen LogP contribution >= 0.6 is 0 Å². The zero-order valence-electron chi connectivity index (χ0n) is 11.1. The summed E-state index contributed by atoms with van der Waals surface area (Å²) in [5, 5.41) is 20.3. The maximum Gasteiger partial charge on any atom is 0.311 e. The minimum absolute atomic E-state index is 0.128. The monoisotopic (exact) mass is 267 g/mol. The molecule has 0 saturated heterocycles. The van der Waals surface area contributed by atoms with Crippen LogP contribution in [0, 0.1) is 16.0 Å². The molecular weight excluding hydrogens is 250 g/mol. The predicted molar refractivity (Wildman–Crippen MR) is 69.5 cm³/mol. The number of carbonyl (C=O) groups is 1. The molecule has 0 aliphatic heterocycles. The van der Waals surface area contributed by atoms with Gasteiger partial charge in [0.15, 0.2) is 0 Å². The SMILES string of the molecule is COc1ccc(C(CC(C)C)C(=O)O)c([N+](=O)[O-])c1. The first-order valence-electron chi connectivity index (χ1n) is 5.92. The van der Waals surface area contributed by atoms with Gasteiger partial charge in [-0.15, -0.1) is 0 Å². The van der Waals surface area contributed by atoms with E-state index in [-0.39, 0.29) is 17.2 Å². The van der Waals surface area contributed by atoms with E-state index in [0.717, 1.165) is 0 Å². The van der Waals surface area contributed by atoms with Crippen molar-refractivity contribution >= 4 is 11.7 Å². The van der Waals surface area contributed by atoms with Crippen LogP contribution in [-0.2, 0) is 4.79 Å². The highest BCUT2D eigenvalue weighted by molar-refractivity contribution is 5.78. The molecule has 0 aliphatic carbocycles. The summed E-state index contributed by atoms with van der Waals surface area (Å²) in [6.45, 7) is 3.76. The summed E-state index contributed by atoms with van der Waals surface area (Å²) >= 11 is 0. The largest absolute Gasteiger partial charge is 0.497 e. The highest BCUT2D eigenvalue weighted by atomic mass is 16.6. The van der Waals surface area contributed by atoms with Gasteiger partial charge in [0.1, 0.15) is 5.75 Å². The Morgan fingerprint density at radius 2 is 2.11 bits per heavy atom. The van der Waals surface area contributed by atoms with Gasteiger partial charge in [0, 0.05) is 5.56 Å². The normalized spacial score (nSPS) is 12.2. The number of hydrogen-bond acceptors (Lipinski definition) is 4. The third-order valence-electron chi connectivity index (χ3n) is 2.81. The van der Waals surface area contributed by atoms with Crippen LogP contribution in [0.4, 0.5) is 5.69 Å². The Balaban J connectivity index is 3.29. The van der Waals surface area contributed by atoms with Gasteiger partial charge in [0.05, 0.1) is 24.0 Å². The van der Waals surface area contributed by atoms with Crippen LogP contribution in [0.15, 0.2) is 18.2 Å². The molecule has 0 aromatic heterocycles. The molecule has 1 aromatic rings. The van der Waals surface area contributed by atoms with E-state index < -0.39 is 16.8 Å². The third kappa shape index (κ3) is 3.67. The van der Waals surface area contributed by atoms with E-state index in [9.17, 15) is 20.0 Å². The van der Waals surface area contributed by atoms with E-state index in [1.54, 1.807) is 6.07 Å². The number of rotatable bonds is 6. The topological polar surface area (TPSA) is 89.7 Å². The van der Waals surface area contributed by atoms with Gasteiger partial charge in [0.2, 0.25) is 0 Å². The minimum Gasteiger partial charge on any atom is -0.497 e. The molecule has 1 atom stereocenters. The number of aliphatic carboxylic acids is 1. The van der Waals surface area contributed by atoms with Gasteiger partial charge in [-0.1, -0.05) is 13.8 Å². The van der Waals surface area contributed by atoms with Crippen molar-refractivity contribution in [1.82, 2.24) is 0 Å². The summed E-state index contributed by atoms with van der Waals surface area (Å²) < 4.78 is 4.93. The first kappa shape index (κ1) is 14.9. The lowest BCUT2D eigenvalue weighted by atomic mass is 9.89. The number of hydrogen-bond donors (Lipinski definition) is 1. The Labute approximate surface area is 111 Å². The molecule has 1 aromatic carbocycles. The first-order chi connectivity index (χ1) is 8.86. The van der Waals surface area contributed by atoms with Crippen LogP contribution in [0.3, 0.4) is 0 Å². The Hall–Kier alpha value is -2.11. The molecule has 6 nitrogen and oxygen atoms in total. The van der Waals surface area contributed by atoms with Crippen molar-refractivity contribution in [3.8, 4) is 5.75 Å². The number of ether oxygens (including phenoxy) is 1. The van der Waals surface area contributed by atoms with Gasteiger partial charge >= 0.3 is 5.97 Å². The smallest absolute Gasteiger partial charge is 0.311 e. The molecule has 0 saturated carbocycles. The highest BCUT2D eigenvalue weighted by Gasteiger charge is 2.28. The van der Waals surface area contributed by atoms with Crippen LogP contribution < -0.4 is 4.74 Å². The first-order valence-corrected chi connectivity index (χ1v) is 5.92. The number of carboxylic acid groups (broad SMARTS) is 1. The summed E-state index contributed by atoms with van der Waals surface area (Å²) in [6, 6.07) is 4.25. The molecule has 0 heterocycles. The molecule has 1 unspecified atom stereocenters. The van der Waals surface area contributed by atoms with Gasteiger partial charge in [0.25, 0.3) is 5.69 Å². The number of methoxy groups -OCH3 is 1. The molecule has 0 spiro atoms. The van der Waals surface area contributed by atoms with Crippen LogP contribution in [0.2, 0.25) is 0 Å². The van der Waals surface area contributed by atoms with Crippen molar-refractivity contribution in [2.24, 2.45) is 5.92 Å². The Kier molecular flexibility index (Phi) is 4.86. The molecule has 0 amide bonds. The minimum atomic E-state index is -1.05. The van der Waals surface area contributed by atoms with Crippen molar-refractivity contribution in [3.05, 3.63) is 33.9 Å². The lowest BCUT2D eigenvalue weighted by molar-refractivity contribution is -0.385. The second-order valence-electron chi connectivity index (χ2n) is 4.70. The van der Waals surface area contributed by atoms with E-state index in [1.807, 2.05) is 13.8 Å². The van der Waals surface area contributed by atoms with Crippen molar-refractivity contribution in [3.63, 3.8) is 0 Å². The molecule has 6 heteroatoms. The number of nitro groups is 1. The number of nitro benzene ring substituents is 1. The lowest BCUT2D eigenvalue weighted by Gasteiger charge is -2.15. The zero-order valence-corrected chi connectivity index (χ0v) is 11.1. The fraction of sp³-hybridized carbons (Fsp3) is 0.462. The molecule has 1 N–H and O–H groups in total. The summed E-state index contributed by atoms with van der Waals surface area (Å²) in [7, 11) is 1.40. The molecular formula is C13H17NO5. The Morgan fingerprint density at radius 1 is 1.47 bits per heavy atom. The van der Waals surface area contributed by atoms with Crippen molar-refractivity contribution in [2.75, 3.05) is 7.11 Å². The molecule has 1 rings (SSSR count). The van der Waals surface area contributed by atoms with Gasteiger partial charge in [-0.3, -0.25) is 14.9 Å². The van der Waals surface area contributed by atoms with E-state index in [0.29, 0.717) is 12.2 Å². The average Bonchev–Trinajstić information content (AvgIpc) is 2.34. The second kappa shape index (κ2) is 6.17. The van der Waals surface area contributed by atoms with Crippen LogP contribution in [0.25, 0.3) is 0 Å². The fourth-order valence-corrected chi connectivity index (χ4v) is 1.94. The van der Waals surface area contributed by atoms with Gasteiger partial charge < -0.3 is 9.84 Å². The molecule has 0 fully saturated rings. The van der Waals surface area contributed by atoms with Crippen molar-refractivity contribution in [2.45, 2.75) is 26.2 Å². The van der Waals surface area contributed by atoms with E-state index in [1.165, 1.54) is 19.2 Å². The predicted octanol–water partition coefficient (Wildman–Crippen LogP) is 2.82. The van der Waals surface area contributed by atoms with E-state index in [4.69, 9.17) is 4.74 Å². The third-order valence-corrected chi connectivity index (χ3v) is 2.81. The maximum atomic E-state index is 11.3. The second-order valence-corrected chi connectivity index (χ2v) is 4.70. The number of benzene rings is 1. The summed E-state index contributed by atoms with van der Waals surface area (Å²) in [5.41, 5.74) is -0.000556. The molecule has 0 aliphatic rings. The standard InChI is InChI=1S/C13H17NO5/c1-8(2)6-11(13(15)16)10-5-4-9(19-3)7-12(10)14(17)18/h4-5,7-8,11H,6H2,1-3H3,(H,15,16). The summed E-state index contributed by atoms with van der Waals surface area (Å²) in [5.74, 6) is -1.47. The lowest BCUT2D eigenvalue weighted by Crippen LogP contribution is -2.15. The highest BCUT2D eigenvalue weighted by Crippen LogP contribution is 2.34. The molecule has 104 valence electrons. The average molecular weight is 267 g/mol. The number of carboxylic acids is 1. The fourth-order valence-electron chi connectivity index (χ4n) is 1.94.